The standard InChI is InChI=1S/C14H23NOS/c16-12-7-2-1-6-10-15-11-13-17-14-8-4-3-5-9-14/h3-5,8-9,15-16H,1-2,6-7,10-13H2. The number of hydrogen-bond donors (Lipinski definition) is 2. The van der Waals surface area contributed by atoms with Crippen LogP contribution in [0.3, 0.4) is 0 Å². The van der Waals surface area contributed by atoms with Crippen molar-refractivity contribution in [1.29, 1.82) is 0 Å². The summed E-state index contributed by atoms with van der Waals surface area (Å²) in [6.45, 7) is 2.50. The fourth-order valence-corrected chi connectivity index (χ4v) is 2.43. The van der Waals surface area contributed by atoms with Gasteiger partial charge in [0, 0.05) is 23.8 Å². The molecule has 0 aliphatic rings. The maximum absolute atomic E-state index is 8.63. The van der Waals surface area contributed by atoms with Crippen LogP contribution in [0, 0.1) is 0 Å². The van der Waals surface area contributed by atoms with Gasteiger partial charge < -0.3 is 10.4 Å². The molecule has 96 valence electrons. The third kappa shape index (κ3) is 8.25. The van der Waals surface area contributed by atoms with Crippen molar-refractivity contribution in [2.45, 2.75) is 30.6 Å². The van der Waals surface area contributed by atoms with Gasteiger partial charge in [-0.05, 0) is 31.5 Å². The number of aliphatic hydroxyl groups is 1. The lowest BCUT2D eigenvalue weighted by Gasteiger charge is -2.04. The molecule has 0 aliphatic carbocycles. The number of unbranched alkanes of at least 4 members (excludes halogenated alkanes) is 3. The summed E-state index contributed by atoms with van der Waals surface area (Å²) in [7, 11) is 0. The van der Waals surface area contributed by atoms with Crippen molar-refractivity contribution in [1.82, 2.24) is 5.32 Å². The van der Waals surface area contributed by atoms with Gasteiger partial charge in [0.2, 0.25) is 0 Å². The van der Waals surface area contributed by atoms with Gasteiger partial charge in [0.1, 0.15) is 0 Å². The van der Waals surface area contributed by atoms with Crippen molar-refractivity contribution >= 4 is 11.8 Å². The minimum atomic E-state index is 0.334. The molecule has 0 saturated heterocycles. The zero-order chi connectivity index (χ0) is 12.2. The highest BCUT2D eigenvalue weighted by molar-refractivity contribution is 7.99. The van der Waals surface area contributed by atoms with E-state index in [1.165, 1.54) is 17.7 Å². The minimum Gasteiger partial charge on any atom is -0.396 e. The van der Waals surface area contributed by atoms with E-state index in [4.69, 9.17) is 5.11 Å². The molecule has 0 saturated carbocycles. The molecule has 3 heteroatoms. The van der Waals surface area contributed by atoms with Crippen molar-refractivity contribution in [2.75, 3.05) is 25.4 Å². The summed E-state index contributed by atoms with van der Waals surface area (Å²) in [5, 5.41) is 12.1. The summed E-state index contributed by atoms with van der Waals surface area (Å²) in [5.41, 5.74) is 0. The van der Waals surface area contributed by atoms with E-state index in [-0.39, 0.29) is 0 Å². The Bertz CT molecular complexity index is 266. The van der Waals surface area contributed by atoms with Crippen molar-refractivity contribution < 1.29 is 5.11 Å². The van der Waals surface area contributed by atoms with Gasteiger partial charge in [0.05, 0.1) is 0 Å². The van der Waals surface area contributed by atoms with Gasteiger partial charge in [-0.2, -0.15) is 0 Å². The summed E-state index contributed by atoms with van der Waals surface area (Å²) in [4.78, 5) is 1.34. The van der Waals surface area contributed by atoms with Crippen LogP contribution in [0.15, 0.2) is 35.2 Å². The highest BCUT2D eigenvalue weighted by atomic mass is 32.2. The second-order valence-corrected chi connectivity index (χ2v) is 5.22. The Morgan fingerprint density at radius 1 is 0.941 bits per heavy atom. The quantitative estimate of drug-likeness (QED) is 0.497. The average Bonchev–Trinajstić information content (AvgIpc) is 2.38. The second kappa shape index (κ2) is 10.6. The van der Waals surface area contributed by atoms with Crippen molar-refractivity contribution in [2.24, 2.45) is 0 Å². The molecule has 2 nitrogen and oxygen atoms in total. The molecule has 0 spiro atoms. The first-order valence-electron chi connectivity index (χ1n) is 6.43. The number of hydrogen-bond acceptors (Lipinski definition) is 3. The average molecular weight is 253 g/mol. The van der Waals surface area contributed by atoms with Gasteiger partial charge in [-0.15, -0.1) is 11.8 Å². The first kappa shape index (κ1) is 14.6. The molecule has 17 heavy (non-hydrogen) atoms. The van der Waals surface area contributed by atoms with E-state index in [0.717, 1.165) is 31.7 Å². The first-order chi connectivity index (χ1) is 8.43. The lowest BCUT2D eigenvalue weighted by molar-refractivity contribution is 0.282. The molecule has 0 bridgehead atoms. The SMILES string of the molecule is OCCCCCCNCCSc1ccccc1. The van der Waals surface area contributed by atoms with Gasteiger partial charge in [0.25, 0.3) is 0 Å². The largest absolute Gasteiger partial charge is 0.396 e. The number of aliphatic hydroxyl groups excluding tert-OH is 1. The van der Waals surface area contributed by atoms with Crippen LogP contribution in [0.5, 0.6) is 0 Å². The molecule has 1 aromatic rings. The summed E-state index contributed by atoms with van der Waals surface area (Å²) in [6, 6.07) is 10.5. The van der Waals surface area contributed by atoms with E-state index in [2.05, 4.69) is 35.6 Å². The topological polar surface area (TPSA) is 32.3 Å². The molecule has 0 aliphatic heterocycles. The van der Waals surface area contributed by atoms with Crippen LogP contribution < -0.4 is 5.32 Å². The summed E-state index contributed by atoms with van der Waals surface area (Å²) < 4.78 is 0. The zero-order valence-corrected chi connectivity index (χ0v) is 11.2. The van der Waals surface area contributed by atoms with Crippen LogP contribution in [0.4, 0.5) is 0 Å². The molecule has 0 heterocycles. The second-order valence-electron chi connectivity index (χ2n) is 4.05. The molecular weight excluding hydrogens is 230 g/mol. The molecule has 0 amide bonds. The molecule has 1 aromatic carbocycles. The summed E-state index contributed by atoms with van der Waals surface area (Å²) in [5.74, 6) is 1.13. The Balaban J connectivity index is 1.85. The number of nitrogens with one attached hydrogen (secondary N) is 1. The van der Waals surface area contributed by atoms with E-state index in [1.54, 1.807) is 0 Å². The monoisotopic (exact) mass is 253 g/mol. The van der Waals surface area contributed by atoms with E-state index in [0.29, 0.717) is 6.61 Å². The Labute approximate surface area is 109 Å². The van der Waals surface area contributed by atoms with Gasteiger partial charge >= 0.3 is 0 Å². The Morgan fingerprint density at radius 2 is 1.71 bits per heavy atom. The third-order valence-electron chi connectivity index (χ3n) is 2.55. The van der Waals surface area contributed by atoms with Gasteiger partial charge in [-0.1, -0.05) is 31.0 Å². The normalized spacial score (nSPS) is 10.6. The smallest absolute Gasteiger partial charge is 0.0431 e. The number of rotatable bonds is 10. The van der Waals surface area contributed by atoms with Gasteiger partial charge in [-0.3, -0.25) is 0 Å². The Hall–Kier alpha value is -0.510. The summed E-state index contributed by atoms with van der Waals surface area (Å²) in [6.07, 6.45) is 4.54. The van der Waals surface area contributed by atoms with Crippen LogP contribution in [0.2, 0.25) is 0 Å². The molecule has 1 rings (SSSR count). The minimum absolute atomic E-state index is 0.334. The van der Waals surface area contributed by atoms with E-state index >= 15 is 0 Å². The molecule has 0 fully saturated rings. The van der Waals surface area contributed by atoms with E-state index in [1.807, 2.05) is 11.8 Å². The fourth-order valence-electron chi connectivity index (χ4n) is 1.60. The maximum Gasteiger partial charge on any atom is 0.0431 e. The molecule has 0 aromatic heterocycles. The van der Waals surface area contributed by atoms with Gasteiger partial charge in [0.15, 0.2) is 0 Å². The predicted octanol–water partition coefficient (Wildman–Crippen LogP) is 2.92. The molecule has 0 radical (unpaired) electrons. The summed E-state index contributed by atoms with van der Waals surface area (Å²) >= 11 is 1.90. The molecule has 0 unspecified atom stereocenters. The maximum atomic E-state index is 8.63. The zero-order valence-electron chi connectivity index (χ0n) is 10.4. The van der Waals surface area contributed by atoms with Crippen LogP contribution in [0.1, 0.15) is 25.7 Å². The van der Waals surface area contributed by atoms with Crippen LogP contribution in [-0.2, 0) is 0 Å². The van der Waals surface area contributed by atoms with Crippen molar-refractivity contribution in [3.05, 3.63) is 30.3 Å². The lowest BCUT2D eigenvalue weighted by Crippen LogP contribution is -2.18. The van der Waals surface area contributed by atoms with E-state index < -0.39 is 0 Å². The van der Waals surface area contributed by atoms with Crippen LogP contribution in [-0.4, -0.2) is 30.6 Å². The molecular formula is C14H23NOS. The van der Waals surface area contributed by atoms with Crippen molar-refractivity contribution in [3.8, 4) is 0 Å². The van der Waals surface area contributed by atoms with Gasteiger partial charge in [-0.25, -0.2) is 0 Å². The fraction of sp³-hybridized carbons (Fsp3) is 0.571. The van der Waals surface area contributed by atoms with Crippen LogP contribution in [0.25, 0.3) is 0 Å². The Kier molecular flexibility index (Phi) is 9.10. The third-order valence-corrected chi connectivity index (χ3v) is 3.57. The highest BCUT2D eigenvalue weighted by Crippen LogP contribution is 2.15. The number of benzene rings is 1. The first-order valence-corrected chi connectivity index (χ1v) is 7.41. The van der Waals surface area contributed by atoms with Crippen LogP contribution >= 0.6 is 11.8 Å². The highest BCUT2D eigenvalue weighted by Gasteiger charge is 1.93. The molecule has 0 atom stereocenters. The predicted molar refractivity (Wildman–Crippen MR) is 75.6 cm³/mol. The number of thioether (sulfide) groups is 1. The Morgan fingerprint density at radius 3 is 2.47 bits per heavy atom. The lowest BCUT2D eigenvalue weighted by atomic mass is 10.2. The van der Waals surface area contributed by atoms with Crippen molar-refractivity contribution in [3.63, 3.8) is 0 Å². The molecule has 2 N–H and O–H groups in total. The van der Waals surface area contributed by atoms with E-state index in [9.17, 15) is 0 Å².